The molecule has 1 aliphatic rings. The average Bonchev–Trinajstić information content (AvgIpc) is 2.98. The normalized spacial score (nSPS) is 20.8. The number of nitrogens with zero attached hydrogens (tertiary/aromatic N) is 3. The predicted molar refractivity (Wildman–Crippen MR) is 85.5 cm³/mol. The van der Waals surface area contributed by atoms with E-state index in [1.807, 2.05) is 12.1 Å². The van der Waals surface area contributed by atoms with Crippen molar-refractivity contribution in [2.24, 2.45) is 5.41 Å². The van der Waals surface area contributed by atoms with Gasteiger partial charge in [0.05, 0.1) is 11.1 Å². The molecule has 1 heterocycles. The summed E-state index contributed by atoms with van der Waals surface area (Å²) in [5.41, 5.74) is 2.81. The van der Waals surface area contributed by atoms with Gasteiger partial charge in [-0.3, -0.25) is 0 Å². The molecule has 0 amide bonds. The molecule has 1 fully saturated rings. The third-order valence-electron chi connectivity index (χ3n) is 4.74. The standard InChI is InChI=1S/C17H20ClN3/c1-17(2)9-4-7-14(17)21-13-6-3-5-12(11-19)16(13)20-15(21)8-10-18/h3,5-6,14H,4,7-10H2,1-2H3. The summed E-state index contributed by atoms with van der Waals surface area (Å²) in [5, 5.41) is 9.31. The van der Waals surface area contributed by atoms with Crippen LogP contribution in [0.1, 0.15) is 50.5 Å². The Labute approximate surface area is 130 Å². The Morgan fingerprint density at radius 1 is 1.48 bits per heavy atom. The Hall–Kier alpha value is -1.53. The lowest BCUT2D eigenvalue weighted by molar-refractivity contribution is 0.261. The van der Waals surface area contributed by atoms with Gasteiger partial charge < -0.3 is 4.57 Å². The molecular formula is C17H20ClN3. The average molecular weight is 302 g/mol. The van der Waals surface area contributed by atoms with Gasteiger partial charge in [-0.25, -0.2) is 4.98 Å². The van der Waals surface area contributed by atoms with E-state index in [2.05, 4.69) is 30.6 Å². The van der Waals surface area contributed by atoms with Crippen molar-refractivity contribution in [2.45, 2.75) is 45.6 Å². The molecule has 1 atom stereocenters. The summed E-state index contributed by atoms with van der Waals surface area (Å²) in [7, 11) is 0. The van der Waals surface area contributed by atoms with Crippen molar-refractivity contribution >= 4 is 22.6 Å². The maximum atomic E-state index is 9.31. The second kappa shape index (κ2) is 5.35. The van der Waals surface area contributed by atoms with E-state index in [4.69, 9.17) is 16.6 Å². The number of nitriles is 1. The number of imidazole rings is 1. The van der Waals surface area contributed by atoms with Crippen LogP contribution in [0.5, 0.6) is 0 Å². The van der Waals surface area contributed by atoms with Crippen molar-refractivity contribution in [3.8, 4) is 6.07 Å². The number of fused-ring (bicyclic) bond motifs is 1. The van der Waals surface area contributed by atoms with E-state index < -0.39 is 0 Å². The van der Waals surface area contributed by atoms with Gasteiger partial charge in [0, 0.05) is 18.3 Å². The minimum atomic E-state index is 0.261. The van der Waals surface area contributed by atoms with Crippen molar-refractivity contribution in [1.29, 1.82) is 5.26 Å². The van der Waals surface area contributed by atoms with Gasteiger partial charge in [-0.05, 0) is 30.4 Å². The van der Waals surface area contributed by atoms with Crippen molar-refractivity contribution in [3.05, 3.63) is 29.6 Å². The van der Waals surface area contributed by atoms with Crippen molar-refractivity contribution in [3.63, 3.8) is 0 Å². The molecule has 2 aromatic rings. The van der Waals surface area contributed by atoms with Gasteiger partial charge in [0.2, 0.25) is 0 Å². The largest absolute Gasteiger partial charge is 0.324 e. The van der Waals surface area contributed by atoms with E-state index in [1.165, 1.54) is 19.3 Å². The number of para-hydroxylation sites is 1. The number of rotatable bonds is 3. The van der Waals surface area contributed by atoms with Crippen LogP contribution >= 0.6 is 11.6 Å². The molecule has 0 spiro atoms. The lowest BCUT2D eigenvalue weighted by Crippen LogP contribution is -2.23. The summed E-state index contributed by atoms with van der Waals surface area (Å²) in [6.07, 6.45) is 4.39. The molecule has 3 rings (SSSR count). The van der Waals surface area contributed by atoms with Gasteiger partial charge in [-0.1, -0.05) is 26.3 Å². The van der Waals surface area contributed by atoms with Crippen LogP contribution < -0.4 is 0 Å². The molecule has 0 aliphatic heterocycles. The molecule has 0 N–H and O–H groups in total. The molecule has 1 aliphatic carbocycles. The molecular weight excluding hydrogens is 282 g/mol. The highest BCUT2D eigenvalue weighted by molar-refractivity contribution is 6.17. The molecule has 0 saturated heterocycles. The topological polar surface area (TPSA) is 41.6 Å². The highest BCUT2D eigenvalue weighted by Gasteiger charge is 2.37. The molecule has 21 heavy (non-hydrogen) atoms. The fourth-order valence-corrected chi connectivity index (χ4v) is 3.82. The summed E-state index contributed by atoms with van der Waals surface area (Å²) in [5.74, 6) is 1.57. The van der Waals surface area contributed by atoms with Gasteiger partial charge in [-0.15, -0.1) is 11.6 Å². The second-order valence-electron chi connectivity index (χ2n) is 6.52. The summed E-state index contributed by atoms with van der Waals surface area (Å²) in [6.45, 7) is 4.66. The minimum absolute atomic E-state index is 0.261. The first kappa shape index (κ1) is 14.4. The number of aromatic nitrogens is 2. The molecule has 110 valence electrons. The summed E-state index contributed by atoms with van der Waals surface area (Å²) < 4.78 is 2.35. The predicted octanol–water partition coefficient (Wildman–Crippen LogP) is 4.44. The van der Waals surface area contributed by atoms with Gasteiger partial charge >= 0.3 is 0 Å². The van der Waals surface area contributed by atoms with Crippen molar-refractivity contribution in [2.75, 3.05) is 5.88 Å². The highest BCUT2D eigenvalue weighted by Crippen LogP contribution is 2.47. The minimum Gasteiger partial charge on any atom is -0.324 e. The third kappa shape index (κ3) is 2.32. The second-order valence-corrected chi connectivity index (χ2v) is 6.90. The summed E-state index contributed by atoms with van der Waals surface area (Å²) in [4.78, 5) is 4.74. The maximum Gasteiger partial charge on any atom is 0.111 e. The van der Waals surface area contributed by atoms with Gasteiger partial charge in [0.25, 0.3) is 0 Å². The molecule has 1 aromatic heterocycles. The molecule has 0 radical (unpaired) electrons. The molecule has 1 aromatic carbocycles. The first-order valence-electron chi connectivity index (χ1n) is 7.54. The lowest BCUT2D eigenvalue weighted by atomic mass is 9.87. The first-order chi connectivity index (χ1) is 10.1. The van der Waals surface area contributed by atoms with Gasteiger partial charge in [-0.2, -0.15) is 5.26 Å². The lowest BCUT2D eigenvalue weighted by Gasteiger charge is -2.30. The number of halogens is 1. The monoisotopic (exact) mass is 301 g/mol. The van der Waals surface area contributed by atoms with E-state index in [1.54, 1.807) is 0 Å². The zero-order valence-corrected chi connectivity index (χ0v) is 13.3. The van der Waals surface area contributed by atoms with Crippen LogP contribution in [-0.2, 0) is 6.42 Å². The third-order valence-corrected chi connectivity index (χ3v) is 4.93. The zero-order valence-electron chi connectivity index (χ0n) is 12.6. The Kier molecular flexibility index (Phi) is 3.67. The van der Waals surface area contributed by atoms with E-state index >= 15 is 0 Å². The number of alkyl halides is 1. The Bertz CT molecular complexity index is 709. The Balaban J connectivity index is 2.24. The van der Waals surface area contributed by atoms with Gasteiger partial charge in [0.1, 0.15) is 17.4 Å². The van der Waals surface area contributed by atoms with Crippen LogP contribution in [0.4, 0.5) is 0 Å². The smallest absolute Gasteiger partial charge is 0.111 e. The molecule has 1 saturated carbocycles. The van der Waals surface area contributed by atoms with Crippen molar-refractivity contribution in [1.82, 2.24) is 9.55 Å². The van der Waals surface area contributed by atoms with E-state index in [9.17, 15) is 5.26 Å². The van der Waals surface area contributed by atoms with E-state index in [0.29, 0.717) is 17.5 Å². The first-order valence-corrected chi connectivity index (χ1v) is 8.08. The number of benzene rings is 1. The van der Waals surface area contributed by atoms with Crippen LogP contribution in [0.15, 0.2) is 18.2 Å². The SMILES string of the molecule is CC1(C)CCCC1n1c(CCCl)nc2c(C#N)cccc21. The van der Waals surface area contributed by atoms with Crippen LogP contribution in [0.2, 0.25) is 0 Å². The van der Waals surface area contributed by atoms with Crippen LogP contribution in [0.3, 0.4) is 0 Å². The molecule has 1 unspecified atom stereocenters. The summed E-state index contributed by atoms with van der Waals surface area (Å²) >= 11 is 5.97. The Morgan fingerprint density at radius 3 is 2.90 bits per heavy atom. The quantitative estimate of drug-likeness (QED) is 0.786. The van der Waals surface area contributed by atoms with Crippen molar-refractivity contribution < 1.29 is 0 Å². The van der Waals surface area contributed by atoms with E-state index in [0.717, 1.165) is 23.3 Å². The number of hydrogen-bond donors (Lipinski definition) is 0. The van der Waals surface area contributed by atoms with Crippen LogP contribution in [0, 0.1) is 16.7 Å². The fourth-order valence-electron chi connectivity index (χ4n) is 3.65. The maximum absolute atomic E-state index is 9.31. The van der Waals surface area contributed by atoms with Gasteiger partial charge in [0.15, 0.2) is 0 Å². The Morgan fingerprint density at radius 2 is 2.29 bits per heavy atom. The zero-order chi connectivity index (χ0) is 15.0. The molecule has 3 nitrogen and oxygen atoms in total. The van der Waals surface area contributed by atoms with E-state index in [-0.39, 0.29) is 5.41 Å². The molecule has 0 bridgehead atoms. The highest BCUT2D eigenvalue weighted by atomic mass is 35.5. The van der Waals surface area contributed by atoms with Crippen LogP contribution in [0.25, 0.3) is 11.0 Å². The number of hydrogen-bond acceptors (Lipinski definition) is 2. The van der Waals surface area contributed by atoms with Crippen LogP contribution in [-0.4, -0.2) is 15.4 Å². The summed E-state index contributed by atoms with van der Waals surface area (Å²) in [6, 6.07) is 8.56. The molecule has 4 heteroatoms. The number of aryl methyl sites for hydroxylation is 1. The fraction of sp³-hybridized carbons (Fsp3) is 0.529.